The first-order valence-corrected chi connectivity index (χ1v) is 20.8. The maximum Gasteiger partial charge on any atom is 0.198 e. The van der Waals surface area contributed by atoms with Crippen molar-refractivity contribution in [3.8, 4) is 27.9 Å². The number of nitrogens with one attached hydrogen (secondary N) is 1. The molecule has 0 bridgehead atoms. The number of para-hydroxylation sites is 1. The van der Waals surface area contributed by atoms with Crippen molar-refractivity contribution in [1.82, 2.24) is 4.57 Å². The molecule has 2 aliphatic rings. The first kappa shape index (κ1) is 34.9. The minimum absolute atomic E-state index is 0.0624. The molecule has 0 atom stereocenters. The fourth-order valence-corrected chi connectivity index (χ4v) is 10.2. The molecule has 7 aromatic carbocycles. The molecule has 1 aliphatic heterocycles. The van der Waals surface area contributed by atoms with E-state index in [-0.39, 0.29) is 10.8 Å². The Morgan fingerprint density at radius 1 is 0.714 bits per heavy atom. The number of nitrogens with zero attached hydrogens (tertiary/aromatic N) is 1. The van der Waals surface area contributed by atoms with Gasteiger partial charge in [0.05, 0.1) is 5.52 Å². The maximum atomic E-state index is 4.01. The highest BCUT2D eigenvalue weighted by Crippen LogP contribution is 2.54. The van der Waals surface area contributed by atoms with Gasteiger partial charge in [0.2, 0.25) is 0 Å². The quantitative estimate of drug-likeness (QED) is 0.128. The lowest BCUT2D eigenvalue weighted by Crippen LogP contribution is -2.38. The minimum Gasteiger partial charge on any atom is -0.355 e. The Kier molecular flexibility index (Phi) is 7.95. The van der Waals surface area contributed by atoms with Crippen molar-refractivity contribution >= 4 is 62.2 Å². The van der Waals surface area contributed by atoms with Crippen LogP contribution in [0.5, 0.6) is 0 Å². The highest BCUT2D eigenvalue weighted by molar-refractivity contribution is 6.73. The largest absolute Gasteiger partial charge is 0.355 e. The highest BCUT2D eigenvalue weighted by atomic mass is 15.0. The molecule has 0 radical (unpaired) electrons. The fourth-order valence-electron chi connectivity index (χ4n) is 10.2. The van der Waals surface area contributed by atoms with Gasteiger partial charge in [0.1, 0.15) is 0 Å². The Balaban J connectivity index is 1.23. The van der Waals surface area contributed by atoms with Crippen molar-refractivity contribution in [2.75, 3.05) is 5.32 Å². The topological polar surface area (TPSA) is 17.0 Å². The molecule has 0 unspecified atom stereocenters. The van der Waals surface area contributed by atoms with E-state index < -0.39 is 0 Å². The van der Waals surface area contributed by atoms with Crippen LogP contribution in [0.25, 0.3) is 60.5 Å². The number of benzene rings is 7. The Labute approximate surface area is 332 Å². The predicted molar refractivity (Wildman–Crippen MR) is 244 cm³/mol. The fraction of sp³-hybridized carbons (Fsp3) is 0.245. The molecule has 8 aromatic rings. The van der Waals surface area contributed by atoms with Gasteiger partial charge in [0, 0.05) is 44.3 Å². The van der Waals surface area contributed by atoms with Crippen molar-refractivity contribution < 1.29 is 0 Å². The average molecular weight is 727 g/mol. The van der Waals surface area contributed by atoms with Crippen LogP contribution in [0.1, 0.15) is 88.6 Å². The van der Waals surface area contributed by atoms with Gasteiger partial charge in [-0.1, -0.05) is 145 Å². The van der Waals surface area contributed by atoms with Gasteiger partial charge >= 0.3 is 0 Å². The average Bonchev–Trinajstić information content (AvgIpc) is 3.66. The van der Waals surface area contributed by atoms with Gasteiger partial charge in [-0.3, -0.25) is 0 Å². The summed E-state index contributed by atoms with van der Waals surface area (Å²) in [6.45, 7) is 16.4. The van der Waals surface area contributed by atoms with Gasteiger partial charge < -0.3 is 9.88 Å². The number of unbranched alkanes of at least 4 members (excludes halogenated alkanes) is 2. The number of aryl methyl sites for hydroxylation is 2. The summed E-state index contributed by atoms with van der Waals surface area (Å²) < 4.78 is 2.57. The Hall–Kier alpha value is -5.54. The van der Waals surface area contributed by atoms with Crippen LogP contribution in [0.15, 0.2) is 121 Å². The molecule has 56 heavy (non-hydrogen) atoms. The molecule has 1 aromatic heterocycles. The lowest BCUT2D eigenvalue weighted by molar-refractivity contribution is 0.590. The maximum absolute atomic E-state index is 4.01. The number of aromatic nitrogens is 1. The monoisotopic (exact) mass is 726 g/mol. The third-order valence-electron chi connectivity index (χ3n) is 13.1. The summed E-state index contributed by atoms with van der Waals surface area (Å²) in [7, 11) is 0.888. The van der Waals surface area contributed by atoms with Crippen molar-refractivity contribution in [2.45, 2.75) is 85.0 Å². The molecule has 0 fully saturated rings. The van der Waals surface area contributed by atoms with E-state index in [4.69, 9.17) is 0 Å². The molecule has 0 amide bonds. The standard InChI is InChI=1S/C53H51BN2/c1-8-9-10-15-33-20-24-36(25-21-33)55-45-31-40-38-26-22-34-16-11-12-17-37(34)49(38)53(6,7)43(40)30-41(45)42-28-32(2)48-39-18-13-14-19-46(39)56-47-27-23-35(52(3,4)5)29-44(47)54-50(42)51(48)56/h11-14,16-31,54-55H,8-10,15H2,1-7H3. The number of hydrogen-bond donors (Lipinski definition) is 1. The van der Waals surface area contributed by atoms with Crippen LogP contribution >= 0.6 is 0 Å². The van der Waals surface area contributed by atoms with E-state index in [1.807, 2.05) is 0 Å². The molecule has 2 heterocycles. The molecule has 276 valence electrons. The van der Waals surface area contributed by atoms with E-state index in [1.165, 1.54) is 119 Å². The number of rotatable bonds is 7. The Bertz CT molecular complexity index is 2880. The molecule has 1 aliphatic carbocycles. The van der Waals surface area contributed by atoms with Gasteiger partial charge in [0.25, 0.3) is 0 Å². The summed E-state index contributed by atoms with van der Waals surface area (Å²) in [6.07, 6.45) is 4.89. The van der Waals surface area contributed by atoms with Gasteiger partial charge in [-0.2, -0.15) is 0 Å². The van der Waals surface area contributed by atoms with Gasteiger partial charge in [0.15, 0.2) is 7.28 Å². The van der Waals surface area contributed by atoms with E-state index in [2.05, 4.69) is 180 Å². The second-order valence-corrected chi connectivity index (χ2v) is 18.1. The van der Waals surface area contributed by atoms with Crippen LogP contribution in [0.4, 0.5) is 11.4 Å². The van der Waals surface area contributed by atoms with Crippen molar-refractivity contribution in [3.63, 3.8) is 0 Å². The highest BCUT2D eigenvalue weighted by Gasteiger charge is 2.38. The predicted octanol–water partition coefficient (Wildman–Crippen LogP) is 12.7. The number of hydrogen-bond acceptors (Lipinski definition) is 1. The number of fused-ring (bicyclic) bond motifs is 10. The van der Waals surface area contributed by atoms with Crippen LogP contribution in [0.2, 0.25) is 0 Å². The zero-order valence-electron chi connectivity index (χ0n) is 34.0. The van der Waals surface area contributed by atoms with Crippen LogP contribution in [-0.4, -0.2) is 11.8 Å². The van der Waals surface area contributed by atoms with E-state index in [1.54, 1.807) is 0 Å². The van der Waals surface area contributed by atoms with E-state index in [9.17, 15) is 0 Å². The normalized spacial score (nSPS) is 13.8. The molecule has 0 spiro atoms. The van der Waals surface area contributed by atoms with Crippen LogP contribution < -0.4 is 16.2 Å². The summed E-state index contributed by atoms with van der Waals surface area (Å²) in [5.74, 6) is 0. The van der Waals surface area contributed by atoms with Crippen LogP contribution in [-0.2, 0) is 17.3 Å². The van der Waals surface area contributed by atoms with Gasteiger partial charge in [-0.05, 0) is 122 Å². The zero-order chi connectivity index (χ0) is 38.5. The molecule has 1 N–H and O–H groups in total. The lowest BCUT2D eigenvalue weighted by atomic mass is 9.58. The van der Waals surface area contributed by atoms with E-state index >= 15 is 0 Å². The second kappa shape index (κ2) is 12.7. The van der Waals surface area contributed by atoms with Crippen molar-refractivity contribution in [1.29, 1.82) is 0 Å². The van der Waals surface area contributed by atoms with Crippen molar-refractivity contribution in [3.05, 3.63) is 149 Å². The minimum atomic E-state index is -0.168. The Morgan fingerprint density at radius 3 is 2.27 bits per heavy atom. The summed E-state index contributed by atoms with van der Waals surface area (Å²) in [4.78, 5) is 0. The third kappa shape index (κ3) is 5.30. The smallest absolute Gasteiger partial charge is 0.198 e. The molecule has 2 nitrogen and oxygen atoms in total. The van der Waals surface area contributed by atoms with Gasteiger partial charge in [-0.15, -0.1) is 0 Å². The van der Waals surface area contributed by atoms with Crippen molar-refractivity contribution in [2.24, 2.45) is 0 Å². The SMILES string of the molecule is CCCCCc1ccc(Nc2cc3c(cc2-c2cc(C)c4c5ccccc5n5c4c2Bc2cc(C(C)(C)C)ccc2-5)C(C)(C)c2c-3ccc3ccccc23)cc1. The molecule has 10 rings (SSSR count). The lowest BCUT2D eigenvalue weighted by Gasteiger charge is -2.28. The first-order valence-electron chi connectivity index (χ1n) is 20.8. The van der Waals surface area contributed by atoms with Crippen LogP contribution in [0, 0.1) is 6.92 Å². The first-order chi connectivity index (χ1) is 27.0. The molecule has 3 heteroatoms. The van der Waals surface area contributed by atoms with E-state index in [0.29, 0.717) is 0 Å². The molecule has 0 saturated carbocycles. The molecule has 0 saturated heterocycles. The summed E-state index contributed by atoms with van der Waals surface area (Å²) >= 11 is 0. The summed E-state index contributed by atoms with van der Waals surface area (Å²) in [5.41, 5.74) is 21.1. The summed E-state index contributed by atoms with van der Waals surface area (Å²) in [6, 6.07) is 46.5. The summed E-state index contributed by atoms with van der Waals surface area (Å²) in [5, 5.41) is 9.37. The third-order valence-corrected chi connectivity index (χ3v) is 13.1. The second-order valence-electron chi connectivity index (χ2n) is 18.1. The zero-order valence-corrected chi connectivity index (χ0v) is 34.0. The van der Waals surface area contributed by atoms with Gasteiger partial charge in [-0.25, -0.2) is 0 Å². The molecular formula is C53H51BN2. The number of anilines is 2. The van der Waals surface area contributed by atoms with Crippen LogP contribution in [0.3, 0.4) is 0 Å². The molecular weight excluding hydrogens is 675 g/mol. The Morgan fingerprint density at radius 2 is 1.48 bits per heavy atom. The van der Waals surface area contributed by atoms with E-state index in [0.717, 1.165) is 25.1 Å².